The van der Waals surface area contributed by atoms with Gasteiger partial charge < -0.3 is 4.42 Å². The molecular weight excluding hydrogens is 255 g/mol. The Morgan fingerprint density at radius 3 is 2.53 bits per heavy atom. The van der Waals surface area contributed by atoms with Crippen LogP contribution >= 0.6 is 23.2 Å². The highest BCUT2D eigenvalue weighted by molar-refractivity contribution is 6.31. The Labute approximate surface area is 111 Å². The number of hydrogen-bond acceptors (Lipinski definition) is 1. The summed E-state index contributed by atoms with van der Waals surface area (Å²) in [6.07, 6.45) is 3.42. The summed E-state index contributed by atoms with van der Waals surface area (Å²) in [6, 6.07) is 11.8. The van der Waals surface area contributed by atoms with Gasteiger partial charge in [0.2, 0.25) is 0 Å². The fraction of sp³-hybridized carbons (Fsp3) is 0.286. The number of hydrogen-bond donors (Lipinski definition) is 0. The third-order valence-corrected chi connectivity index (χ3v) is 3.56. The molecule has 0 N–H and O–H groups in total. The normalized spacial score (nSPS) is 12.6. The summed E-state index contributed by atoms with van der Waals surface area (Å²) >= 11 is 12.1. The number of rotatable bonds is 5. The van der Waals surface area contributed by atoms with Gasteiger partial charge in [-0.1, -0.05) is 29.8 Å². The Kier molecular flexibility index (Phi) is 4.52. The quantitative estimate of drug-likeness (QED) is 0.724. The maximum atomic E-state index is 6.14. The zero-order valence-corrected chi connectivity index (χ0v) is 10.9. The number of alkyl halides is 1. The van der Waals surface area contributed by atoms with E-state index in [1.54, 1.807) is 6.26 Å². The largest absolute Gasteiger partial charge is 0.469 e. The molecule has 0 saturated carbocycles. The standard InChI is InChI=1S/C14H14Cl2O/c15-10-11(9-13-5-3-7-17-13)8-12-4-1-2-6-14(12)16/h1-7,11H,8-10H2. The van der Waals surface area contributed by atoms with Crippen LogP contribution in [0.1, 0.15) is 11.3 Å². The predicted molar refractivity (Wildman–Crippen MR) is 71.8 cm³/mol. The van der Waals surface area contributed by atoms with Gasteiger partial charge in [-0.05, 0) is 36.1 Å². The van der Waals surface area contributed by atoms with E-state index < -0.39 is 0 Å². The maximum Gasteiger partial charge on any atom is 0.104 e. The Morgan fingerprint density at radius 1 is 1.06 bits per heavy atom. The number of benzene rings is 1. The fourth-order valence-corrected chi connectivity index (χ4v) is 2.30. The van der Waals surface area contributed by atoms with Crippen LogP contribution in [0.25, 0.3) is 0 Å². The molecule has 0 amide bonds. The summed E-state index contributed by atoms with van der Waals surface area (Å²) in [5.74, 6) is 1.93. The Balaban J connectivity index is 2.03. The summed E-state index contributed by atoms with van der Waals surface area (Å²) in [7, 11) is 0. The Hall–Kier alpha value is -0.920. The van der Waals surface area contributed by atoms with Gasteiger partial charge in [-0.15, -0.1) is 11.6 Å². The molecule has 0 aliphatic heterocycles. The molecule has 1 unspecified atom stereocenters. The van der Waals surface area contributed by atoms with Crippen molar-refractivity contribution in [2.24, 2.45) is 5.92 Å². The van der Waals surface area contributed by atoms with Crippen LogP contribution in [0.5, 0.6) is 0 Å². The second kappa shape index (κ2) is 6.13. The van der Waals surface area contributed by atoms with Gasteiger partial charge >= 0.3 is 0 Å². The molecule has 1 atom stereocenters. The average Bonchev–Trinajstić information content (AvgIpc) is 2.84. The maximum absolute atomic E-state index is 6.14. The number of furan rings is 1. The van der Waals surface area contributed by atoms with Crippen molar-refractivity contribution in [3.8, 4) is 0 Å². The number of halogens is 2. The van der Waals surface area contributed by atoms with Gasteiger partial charge in [0.1, 0.15) is 5.76 Å². The van der Waals surface area contributed by atoms with Gasteiger partial charge in [-0.25, -0.2) is 0 Å². The second-order valence-corrected chi connectivity index (χ2v) is 4.82. The Morgan fingerprint density at radius 2 is 1.88 bits per heavy atom. The smallest absolute Gasteiger partial charge is 0.104 e. The lowest BCUT2D eigenvalue weighted by Gasteiger charge is -2.13. The van der Waals surface area contributed by atoms with Crippen LogP contribution < -0.4 is 0 Å². The lowest BCUT2D eigenvalue weighted by molar-refractivity contribution is 0.458. The first-order chi connectivity index (χ1) is 8.29. The molecular formula is C14H14Cl2O. The van der Waals surface area contributed by atoms with E-state index in [0.717, 1.165) is 29.2 Å². The van der Waals surface area contributed by atoms with Crippen molar-refractivity contribution >= 4 is 23.2 Å². The van der Waals surface area contributed by atoms with Gasteiger partial charge in [-0.2, -0.15) is 0 Å². The van der Waals surface area contributed by atoms with Crippen molar-refractivity contribution in [1.82, 2.24) is 0 Å². The SMILES string of the molecule is ClCC(Cc1ccco1)Cc1ccccc1Cl. The minimum Gasteiger partial charge on any atom is -0.469 e. The van der Waals surface area contributed by atoms with Crippen LogP contribution in [0.15, 0.2) is 47.1 Å². The van der Waals surface area contributed by atoms with E-state index in [9.17, 15) is 0 Å². The molecule has 0 fully saturated rings. The van der Waals surface area contributed by atoms with E-state index in [1.165, 1.54) is 0 Å². The van der Waals surface area contributed by atoms with Crippen molar-refractivity contribution in [3.05, 3.63) is 59.0 Å². The van der Waals surface area contributed by atoms with Crippen LogP contribution in [-0.2, 0) is 12.8 Å². The van der Waals surface area contributed by atoms with Crippen LogP contribution in [0.3, 0.4) is 0 Å². The molecule has 2 rings (SSSR count). The molecule has 2 aromatic rings. The van der Waals surface area contributed by atoms with Crippen molar-refractivity contribution in [1.29, 1.82) is 0 Å². The van der Waals surface area contributed by atoms with Crippen LogP contribution in [0.2, 0.25) is 5.02 Å². The van der Waals surface area contributed by atoms with E-state index in [1.807, 2.05) is 36.4 Å². The molecule has 0 radical (unpaired) electrons. The van der Waals surface area contributed by atoms with Crippen LogP contribution in [0.4, 0.5) is 0 Å². The molecule has 0 spiro atoms. The van der Waals surface area contributed by atoms with Crippen LogP contribution in [0, 0.1) is 5.92 Å². The molecule has 1 aromatic carbocycles. The van der Waals surface area contributed by atoms with E-state index in [2.05, 4.69) is 0 Å². The fourth-order valence-electron chi connectivity index (χ4n) is 1.87. The van der Waals surface area contributed by atoms with Gasteiger partial charge in [0, 0.05) is 17.3 Å². The van der Waals surface area contributed by atoms with Crippen molar-refractivity contribution < 1.29 is 4.42 Å². The first-order valence-electron chi connectivity index (χ1n) is 5.61. The van der Waals surface area contributed by atoms with E-state index in [4.69, 9.17) is 27.6 Å². The summed E-state index contributed by atoms with van der Waals surface area (Å²) < 4.78 is 5.34. The van der Waals surface area contributed by atoms with Crippen molar-refractivity contribution in [2.75, 3.05) is 5.88 Å². The molecule has 0 aliphatic carbocycles. The third kappa shape index (κ3) is 3.52. The summed E-state index contributed by atoms with van der Waals surface area (Å²) in [5, 5.41) is 0.807. The zero-order valence-electron chi connectivity index (χ0n) is 9.40. The molecule has 1 heterocycles. The van der Waals surface area contributed by atoms with E-state index >= 15 is 0 Å². The van der Waals surface area contributed by atoms with Gasteiger partial charge in [0.05, 0.1) is 6.26 Å². The van der Waals surface area contributed by atoms with Crippen LogP contribution in [-0.4, -0.2) is 5.88 Å². The van der Waals surface area contributed by atoms with Crippen molar-refractivity contribution in [3.63, 3.8) is 0 Å². The van der Waals surface area contributed by atoms with E-state index in [0.29, 0.717) is 11.8 Å². The molecule has 17 heavy (non-hydrogen) atoms. The lowest BCUT2D eigenvalue weighted by atomic mass is 9.97. The van der Waals surface area contributed by atoms with Gasteiger partial charge in [-0.3, -0.25) is 0 Å². The third-order valence-electron chi connectivity index (χ3n) is 2.75. The lowest BCUT2D eigenvalue weighted by Crippen LogP contribution is -2.10. The minimum absolute atomic E-state index is 0.350. The summed E-state index contributed by atoms with van der Waals surface area (Å²) in [6.45, 7) is 0. The highest BCUT2D eigenvalue weighted by Crippen LogP contribution is 2.22. The second-order valence-electron chi connectivity index (χ2n) is 4.10. The first kappa shape index (κ1) is 12.5. The zero-order chi connectivity index (χ0) is 12.1. The average molecular weight is 269 g/mol. The highest BCUT2D eigenvalue weighted by Gasteiger charge is 2.12. The molecule has 1 aromatic heterocycles. The van der Waals surface area contributed by atoms with Gasteiger partial charge in [0.15, 0.2) is 0 Å². The molecule has 1 nitrogen and oxygen atoms in total. The summed E-state index contributed by atoms with van der Waals surface area (Å²) in [5.41, 5.74) is 1.14. The predicted octanol–water partition coefficient (Wildman–Crippen LogP) is 4.57. The minimum atomic E-state index is 0.350. The first-order valence-corrected chi connectivity index (χ1v) is 6.52. The molecule has 0 aliphatic rings. The molecule has 3 heteroatoms. The van der Waals surface area contributed by atoms with E-state index in [-0.39, 0.29) is 0 Å². The topological polar surface area (TPSA) is 13.1 Å². The van der Waals surface area contributed by atoms with Gasteiger partial charge in [0.25, 0.3) is 0 Å². The Bertz CT molecular complexity index is 451. The highest BCUT2D eigenvalue weighted by atomic mass is 35.5. The molecule has 0 saturated heterocycles. The monoisotopic (exact) mass is 268 g/mol. The van der Waals surface area contributed by atoms with Crippen molar-refractivity contribution in [2.45, 2.75) is 12.8 Å². The molecule has 0 bridgehead atoms. The summed E-state index contributed by atoms with van der Waals surface area (Å²) in [4.78, 5) is 0. The molecule has 90 valence electrons.